The summed E-state index contributed by atoms with van der Waals surface area (Å²) in [5, 5.41) is 5.87. The van der Waals surface area contributed by atoms with Crippen molar-refractivity contribution < 1.29 is 14.4 Å². The SMILES string of the molecule is NC(=O)C1(NC(=O)[C@@H]2CCCCC(=O)N2)C2CC3CC(C2)CC1C3. The van der Waals surface area contributed by atoms with E-state index in [2.05, 4.69) is 10.6 Å². The predicted octanol–water partition coefficient (Wildman–Crippen LogP) is 0.842. The number of primary amides is 1. The van der Waals surface area contributed by atoms with Crippen molar-refractivity contribution in [3.05, 3.63) is 0 Å². The lowest BCUT2D eigenvalue weighted by Crippen LogP contribution is -2.73. The molecule has 0 radical (unpaired) electrons. The van der Waals surface area contributed by atoms with Gasteiger partial charge in [0.1, 0.15) is 11.6 Å². The first-order chi connectivity index (χ1) is 11.5. The first kappa shape index (κ1) is 15.9. The normalized spacial score (nSPS) is 43.8. The van der Waals surface area contributed by atoms with Crippen molar-refractivity contribution in [2.75, 3.05) is 0 Å². The summed E-state index contributed by atoms with van der Waals surface area (Å²) in [4.78, 5) is 37.1. The second-order valence-corrected chi connectivity index (χ2v) is 8.39. The van der Waals surface area contributed by atoms with Gasteiger partial charge in [-0.25, -0.2) is 0 Å². The monoisotopic (exact) mass is 333 g/mol. The third-order valence-electron chi connectivity index (χ3n) is 6.96. The first-order valence-electron chi connectivity index (χ1n) is 9.40. The molecule has 0 aromatic carbocycles. The van der Waals surface area contributed by atoms with Crippen molar-refractivity contribution in [1.82, 2.24) is 10.6 Å². The van der Waals surface area contributed by atoms with Gasteiger partial charge in [-0.3, -0.25) is 14.4 Å². The third-order valence-corrected chi connectivity index (χ3v) is 6.96. The fraction of sp³-hybridized carbons (Fsp3) is 0.833. The molecule has 3 amide bonds. The van der Waals surface area contributed by atoms with E-state index in [0.29, 0.717) is 24.7 Å². The summed E-state index contributed by atoms with van der Waals surface area (Å²) in [5.41, 5.74) is 4.95. The minimum absolute atomic E-state index is 0.0779. The fourth-order valence-electron chi connectivity index (χ4n) is 6.06. The number of hydrogen-bond donors (Lipinski definition) is 3. The second-order valence-electron chi connectivity index (χ2n) is 8.39. The van der Waals surface area contributed by atoms with E-state index in [1.807, 2.05) is 0 Å². The van der Waals surface area contributed by atoms with E-state index < -0.39 is 11.6 Å². The van der Waals surface area contributed by atoms with Crippen LogP contribution >= 0.6 is 0 Å². The molecular formula is C18H27N3O3. The molecule has 6 nitrogen and oxygen atoms in total. The molecule has 1 aliphatic heterocycles. The zero-order chi connectivity index (χ0) is 16.9. The van der Waals surface area contributed by atoms with E-state index in [1.54, 1.807) is 0 Å². The van der Waals surface area contributed by atoms with Crippen LogP contribution in [-0.2, 0) is 14.4 Å². The Balaban J connectivity index is 1.57. The Morgan fingerprint density at radius 1 is 1.04 bits per heavy atom. The van der Waals surface area contributed by atoms with Crippen LogP contribution in [-0.4, -0.2) is 29.3 Å². The number of nitrogens with one attached hydrogen (secondary N) is 2. The summed E-state index contributed by atoms with van der Waals surface area (Å²) in [6.45, 7) is 0. The zero-order valence-corrected chi connectivity index (χ0v) is 14.1. The lowest BCUT2D eigenvalue weighted by molar-refractivity contribution is -0.151. The van der Waals surface area contributed by atoms with Crippen molar-refractivity contribution in [3.63, 3.8) is 0 Å². The van der Waals surface area contributed by atoms with E-state index in [-0.39, 0.29) is 29.6 Å². The lowest BCUT2D eigenvalue weighted by Gasteiger charge is -2.59. The highest BCUT2D eigenvalue weighted by Crippen LogP contribution is 2.58. The first-order valence-corrected chi connectivity index (χ1v) is 9.40. The number of nitrogens with two attached hydrogens (primary N) is 1. The van der Waals surface area contributed by atoms with Crippen LogP contribution in [0.2, 0.25) is 0 Å². The zero-order valence-electron chi connectivity index (χ0n) is 14.1. The molecule has 4 N–H and O–H groups in total. The average Bonchev–Trinajstić information content (AvgIpc) is 2.74. The van der Waals surface area contributed by atoms with E-state index in [0.717, 1.165) is 38.5 Å². The molecule has 0 aromatic heterocycles. The Kier molecular flexibility index (Phi) is 3.81. The van der Waals surface area contributed by atoms with Gasteiger partial charge in [-0.1, -0.05) is 6.42 Å². The second kappa shape index (κ2) is 5.74. The molecule has 1 saturated heterocycles. The quantitative estimate of drug-likeness (QED) is 0.713. The molecule has 4 saturated carbocycles. The molecule has 5 fully saturated rings. The molecule has 132 valence electrons. The van der Waals surface area contributed by atoms with Crippen LogP contribution < -0.4 is 16.4 Å². The van der Waals surface area contributed by atoms with Crippen LogP contribution in [0.25, 0.3) is 0 Å². The van der Waals surface area contributed by atoms with Gasteiger partial charge in [0.05, 0.1) is 0 Å². The highest BCUT2D eigenvalue weighted by molar-refractivity contribution is 5.94. The van der Waals surface area contributed by atoms with E-state index in [9.17, 15) is 14.4 Å². The molecule has 0 unspecified atom stereocenters. The van der Waals surface area contributed by atoms with Gasteiger partial charge < -0.3 is 16.4 Å². The van der Waals surface area contributed by atoms with E-state index in [1.165, 1.54) is 6.42 Å². The summed E-state index contributed by atoms with van der Waals surface area (Å²) in [7, 11) is 0. The summed E-state index contributed by atoms with van der Waals surface area (Å²) in [6, 6.07) is -0.534. The summed E-state index contributed by atoms with van der Waals surface area (Å²) >= 11 is 0. The van der Waals surface area contributed by atoms with E-state index in [4.69, 9.17) is 5.73 Å². The molecule has 24 heavy (non-hydrogen) atoms. The molecule has 4 aliphatic carbocycles. The average molecular weight is 333 g/mol. The Morgan fingerprint density at radius 3 is 2.25 bits per heavy atom. The van der Waals surface area contributed by atoms with Gasteiger partial charge in [0.15, 0.2) is 0 Å². The van der Waals surface area contributed by atoms with E-state index >= 15 is 0 Å². The minimum atomic E-state index is -0.901. The largest absolute Gasteiger partial charge is 0.368 e. The summed E-state index contributed by atoms with van der Waals surface area (Å²) in [5.74, 6) is 1.02. The molecule has 1 heterocycles. The summed E-state index contributed by atoms with van der Waals surface area (Å²) in [6.07, 6.45) is 8.00. The van der Waals surface area contributed by atoms with Crippen molar-refractivity contribution in [3.8, 4) is 0 Å². The highest BCUT2D eigenvalue weighted by atomic mass is 16.2. The molecule has 4 bridgehead atoms. The number of carbonyl (C=O) groups is 3. The molecule has 0 aromatic rings. The Morgan fingerprint density at radius 2 is 1.67 bits per heavy atom. The molecule has 6 heteroatoms. The van der Waals surface area contributed by atoms with Gasteiger partial charge in [-0.05, 0) is 68.6 Å². The summed E-state index contributed by atoms with van der Waals surface area (Å²) < 4.78 is 0. The molecule has 0 spiro atoms. The smallest absolute Gasteiger partial charge is 0.243 e. The van der Waals surface area contributed by atoms with Gasteiger partial charge >= 0.3 is 0 Å². The Hall–Kier alpha value is -1.59. The maximum Gasteiger partial charge on any atom is 0.243 e. The van der Waals surface area contributed by atoms with Crippen LogP contribution in [0.4, 0.5) is 0 Å². The molecule has 5 aliphatic rings. The van der Waals surface area contributed by atoms with Crippen LogP contribution in [0, 0.1) is 23.7 Å². The van der Waals surface area contributed by atoms with Crippen molar-refractivity contribution >= 4 is 17.7 Å². The van der Waals surface area contributed by atoms with Gasteiger partial charge in [-0.2, -0.15) is 0 Å². The van der Waals surface area contributed by atoms with Crippen LogP contribution in [0.5, 0.6) is 0 Å². The molecular weight excluding hydrogens is 306 g/mol. The van der Waals surface area contributed by atoms with Crippen molar-refractivity contribution in [2.45, 2.75) is 69.4 Å². The molecule has 5 rings (SSSR count). The van der Waals surface area contributed by atoms with Crippen molar-refractivity contribution in [2.24, 2.45) is 29.4 Å². The van der Waals surface area contributed by atoms with Gasteiger partial charge in [0.25, 0.3) is 0 Å². The van der Waals surface area contributed by atoms with Crippen molar-refractivity contribution in [1.29, 1.82) is 0 Å². The van der Waals surface area contributed by atoms with Crippen LogP contribution in [0.3, 0.4) is 0 Å². The maximum absolute atomic E-state index is 12.9. The van der Waals surface area contributed by atoms with Gasteiger partial charge in [0.2, 0.25) is 17.7 Å². The fourth-order valence-corrected chi connectivity index (χ4v) is 6.06. The number of rotatable bonds is 3. The maximum atomic E-state index is 12.9. The van der Waals surface area contributed by atoms with Crippen LogP contribution in [0.15, 0.2) is 0 Å². The topological polar surface area (TPSA) is 101 Å². The Labute approximate surface area is 142 Å². The standard InChI is InChI=1S/C18H27N3O3/c19-17(24)18(12-6-10-5-11(8-12)9-13(18)7-10)21-16(23)14-3-1-2-4-15(22)20-14/h10-14H,1-9H2,(H2,19,24)(H,20,22)(H,21,23)/t10?,11?,12?,13?,14-,18?/m0/s1. The third kappa shape index (κ3) is 2.42. The lowest BCUT2D eigenvalue weighted by atomic mass is 9.48. The number of carbonyl (C=O) groups excluding carboxylic acids is 3. The van der Waals surface area contributed by atoms with Crippen LogP contribution in [0.1, 0.15) is 57.8 Å². The number of amides is 3. The minimum Gasteiger partial charge on any atom is -0.368 e. The van der Waals surface area contributed by atoms with Gasteiger partial charge in [-0.15, -0.1) is 0 Å². The van der Waals surface area contributed by atoms with Gasteiger partial charge in [0, 0.05) is 6.42 Å². The highest BCUT2D eigenvalue weighted by Gasteiger charge is 2.61. The Bertz CT molecular complexity index is 546. The number of hydrogen-bond acceptors (Lipinski definition) is 3. The molecule has 1 atom stereocenters. The predicted molar refractivity (Wildman–Crippen MR) is 87.5 cm³/mol.